The molecule has 2 aromatic rings. The lowest BCUT2D eigenvalue weighted by atomic mass is 10.1. The molecule has 2 amide bonds. The van der Waals surface area contributed by atoms with E-state index >= 15 is 0 Å². The summed E-state index contributed by atoms with van der Waals surface area (Å²) in [6, 6.07) is 7.95. The van der Waals surface area contributed by atoms with Gasteiger partial charge in [0.2, 0.25) is 0 Å². The van der Waals surface area contributed by atoms with Crippen LogP contribution in [0.2, 0.25) is 0 Å². The Morgan fingerprint density at radius 2 is 1.75 bits per heavy atom. The summed E-state index contributed by atoms with van der Waals surface area (Å²) < 4.78 is 12.8. The first-order valence-electron chi connectivity index (χ1n) is 7.90. The van der Waals surface area contributed by atoms with Gasteiger partial charge in [-0.25, -0.2) is 4.39 Å². The van der Waals surface area contributed by atoms with Crippen molar-refractivity contribution in [1.82, 2.24) is 15.6 Å². The summed E-state index contributed by atoms with van der Waals surface area (Å²) in [5, 5.41) is 5.64. The molecule has 1 aliphatic carbocycles. The predicted molar refractivity (Wildman–Crippen MR) is 87.2 cm³/mol. The number of rotatable bonds is 6. The first kappa shape index (κ1) is 16.1. The fraction of sp³-hybridized carbons (Fsp3) is 0.278. The second-order valence-electron chi connectivity index (χ2n) is 5.84. The molecule has 1 heterocycles. The van der Waals surface area contributed by atoms with E-state index < -0.39 is 0 Å². The minimum absolute atomic E-state index is 0.203. The molecule has 0 atom stereocenters. The zero-order valence-electron chi connectivity index (χ0n) is 13.1. The fourth-order valence-corrected chi connectivity index (χ4v) is 2.26. The molecule has 0 bridgehead atoms. The van der Waals surface area contributed by atoms with Crippen LogP contribution in [0.15, 0.2) is 42.7 Å². The van der Waals surface area contributed by atoms with Crippen LogP contribution in [0.3, 0.4) is 0 Å². The molecule has 0 saturated heterocycles. The van der Waals surface area contributed by atoms with Crippen molar-refractivity contribution in [2.75, 3.05) is 6.54 Å². The van der Waals surface area contributed by atoms with Gasteiger partial charge in [-0.3, -0.25) is 14.6 Å². The van der Waals surface area contributed by atoms with Crippen LogP contribution in [0.25, 0.3) is 0 Å². The molecule has 1 aromatic heterocycles. The molecule has 5 nitrogen and oxygen atoms in total. The van der Waals surface area contributed by atoms with E-state index in [-0.39, 0.29) is 23.7 Å². The summed E-state index contributed by atoms with van der Waals surface area (Å²) in [6.07, 6.45) is 5.49. The number of benzene rings is 1. The summed E-state index contributed by atoms with van der Waals surface area (Å²) in [5.41, 5.74) is 1.66. The first-order chi connectivity index (χ1) is 11.6. The van der Waals surface area contributed by atoms with E-state index in [0.717, 1.165) is 18.4 Å². The van der Waals surface area contributed by atoms with E-state index in [4.69, 9.17) is 0 Å². The van der Waals surface area contributed by atoms with Crippen LogP contribution in [-0.4, -0.2) is 29.4 Å². The molecule has 0 unspecified atom stereocenters. The number of halogens is 1. The third-order valence-corrected chi connectivity index (χ3v) is 3.79. The average Bonchev–Trinajstić information content (AvgIpc) is 3.40. The SMILES string of the molecule is O=C(NCCc1ccc(F)cc1)c1cncc(C(=O)NC2CC2)c1. The van der Waals surface area contributed by atoms with Gasteiger partial charge in [0.15, 0.2) is 0 Å². The lowest BCUT2D eigenvalue weighted by Crippen LogP contribution is -2.28. The van der Waals surface area contributed by atoms with Crippen LogP contribution >= 0.6 is 0 Å². The van der Waals surface area contributed by atoms with E-state index in [1.165, 1.54) is 30.6 Å². The first-order valence-corrected chi connectivity index (χ1v) is 7.90. The second-order valence-corrected chi connectivity index (χ2v) is 5.84. The Kier molecular flexibility index (Phi) is 4.84. The van der Waals surface area contributed by atoms with Crippen molar-refractivity contribution < 1.29 is 14.0 Å². The van der Waals surface area contributed by atoms with Gasteiger partial charge in [-0.05, 0) is 43.0 Å². The van der Waals surface area contributed by atoms with Gasteiger partial charge in [-0.15, -0.1) is 0 Å². The number of pyridine rings is 1. The zero-order valence-corrected chi connectivity index (χ0v) is 13.1. The number of amides is 2. The second kappa shape index (κ2) is 7.21. The molecule has 1 aromatic carbocycles. The number of carbonyl (C=O) groups is 2. The minimum atomic E-state index is -0.286. The number of carbonyl (C=O) groups excluding carboxylic acids is 2. The van der Waals surface area contributed by atoms with Gasteiger partial charge >= 0.3 is 0 Å². The van der Waals surface area contributed by atoms with E-state index in [0.29, 0.717) is 24.1 Å². The Morgan fingerprint density at radius 3 is 2.42 bits per heavy atom. The van der Waals surface area contributed by atoms with Crippen LogP contribution in [-0.2, 0) is 6.42 Å². The molecular weight excluding hydrogens is 309 g/mol. The van der Waals surface area contributed by atoms with Gasteiger partial charge in [0.25, 0.3) is 11.8 Å². The lowest BCUT2D eigenvalue weighted by molar-refractivity contribution is 0.0950. The van der Waals surface area contributed by atoms with E-state index in [9.17, 15) is 14.0 Å². The fourth-order valence-electron chi connectivity index (χ4n) is 2.26. The highest BCUT2D eigenvalue weighted by atomic mass is 19.1. The van der Waals surface area contributed by atoms with Crippen molar-refractivity contribution >= 4 is 11.8 Å². The Hall–Kier alpha value is -2.76. The smallest absolute Gasteiger partial charge is 0.253 e. The van der Waals surface area contributed by atoms with Crippen molar-refractivity contribution in [3.63, 3.8) is 0 Å². The zero-order chi connectivity index (χ0) is 16.9. The highest BCUT2D eigenvalue weighted by molar-refractivity contribution is 5.99. The number of aromatic nitrogens is 1. The quantitative estimate of drug-likeness (QED) is 0.853. The Morgan fingerprint density at radius 1 is 1.08 bits per heavy atom. The number of nitrogens with one attached hydrogen (secondary N) is 2. The van der Waals surface area contributed by atoms with Gasteiger partial charge in [0, 0.05) is 25.0 Å². The van der Waals surface area contributed by atoms with Crippen molar-refractivity contribution in [2.24, 2.45) is 0 Å². The molecule has 1 fully saturated rings. The largest absolute Gasteiger partial charge is 0.352 e. The molecule has 3 rings (SSSR count). The summed E-state index contributed by atoms with van der Waals surface area (Å²) >= 11 is 0. The molecule has 0 aliphatic heterocycles. The van der Waals surface area contributed by atoms with Crippen LogP contribution < -0.4 is 10.6 Å². The Labute approximate surface area is 139 Å². The molecular formula is C18H18FN3O2. The Bertz CT molecular complexity index is 742. The van der Waals surface area contributed by atoms with Crippen molar-refractivity contribution in [3.05, 3.63) is 65.2 Å². The number of hydrogen-bond acceptors (Lipinski definition) is 3. The highest BCUT2D eigenvalue weighted by Gasteiger charge is 2.24. The van der Waals surface area contributed by atoms with Crippen LogP contribution in [0.4, 0.5) is 4.39 Å². The summed E-state index contributed by atoms with van der Waals surface area (Å²) in [4.78, 5) is 28.1. The maximum absolute atomic E-state index is 12.8. The molecule has 0 radical (unpaired) electrons. The highest BCUT2D eigenvalue weighted by Crippen LogP contribution is 2.19. The van der Waals surface area contributed by atoms with Gasteiger partial charge in [-0.1, -0.05) is 12.1 Å². The van der Waals surface area contributed by atoms with Crippen molar-refractivity contribution in [1.29, 1.82) is 0 Å². The van der Waals surface area contributed by atoms with Crippen molar-refractivity contribution in [2.45, 2.75) is 25.3 Å². The van der Waals surface area contributed by atoms with E-state index in [1.807, 2.05) is 0 Å². The van der Waals surface area contributed by atoms with Crippen LogP contribution in [0, 0.1) is 5.82 Å². The molecule has 2 N–H and O–H groups in total. The maximum atomic E-state index is 12.8. The third-order valence-electron chi connectivity index (χ3n) is 3.79. The van der Waals surface area contributed by atoms with Crippen molar-refractivity contribution in [3.8, 4) is 0 Å². The number of hydrogen-bond donors (Lipinski definition) is 2. The standard InChI is InChI=1S/C18H18FN3O2/c19-15-3-1-12(2-4-15)7-8-21-17(23)13-9-14(11-20-10-13)18(24)22-16-5-6-16/h1-4,9-11,16H,5-8H2,(H,21,23)(H,22,24). The summed E-state index contributed by atoms with van der Waals surface area (Å²) in [5.74, 6) is -0.771. The summed E-state index contributed by atoms with van der Waals surface area (Å²) in [7, 11) is 0. The van der Waals surface area contributed by atoms with Gasteiger partial charge < -0.3 is 10.6 Å². The normalized spacial score (nSPS) is 13.4. The average molecular weight is 327 g/mol. The van der Waals surface area contributed by atoms with E-state index in [1.54, 1.807) is 12.1 Å². The van der Waals surface area contributed by atoms with Crippen LogP contribution in [0.5, 0.6) is 0 Å². The Balaban J connectivity index is 1.54. The summed E-state index contributed by atoms with van der Waals surface area (Å²) in [6.45, 7) is 0.420. The molecule has 0 spiro atoms. The van der Waals surface area contributed by atoms with Gasteiger partial charge in [-0.2, -0.15) is 0 Å². The molecule has 24 heavy (non-hydrogen) atoms. The molecule has 124 valence electrons. The topological polar surface area (TPSA) is 71.1 Å². The monoisotopic (exact) mass is 327 g/mol. The number of nitrogens with zero attached hydrogens (tertiary/aromatic N) is 1. The lowest BCUT2D eigenvalue weighted by Gasteiger charge is -2.07. The predicted octanol–water partition coefficient (Wildman–Crippen LogP) is 2.09. The van der Waals surface area contributed by atoms with Crippen LogP contribution in [0.1, 0.15) is 39.1 Å². The third kappa shape index (κ3) is 4.38. The molecule has 1 saturated carbocycles. The van der Waals surface area contributed by atoms with Gasteiger partial charge in [0.1, 0.15) is 5.82 Å². The van der Waals surface area contributed by atoms with E-state index in [2.05, 4.69) is 15.6 Å². The minimum Gasteiger partial charge on any atom is -0.352 e. The molecule has 6 heteroatoms. The maximum Gasteiger partial charge on any atom is 0.253 e. The van der Waals surface area contributed by atoms with Gasteiger partial charge in [0.05, 0.1) is 11.1 Å². The molecule has 1 aliphatic rings.